The van der Waals surface area contributed by atoms with E-state index in [-0.39, 0.29) is 24.0 Å². The van der Waals surface area contributed by atoms with Crippen molar-refractivity contribution in [1.82, 2.24) is 4.90 Å². The van der Waals surface area contributed by atoms with E-state index in [1.54, 1.807) is 36.4 Å². The molecule has 9 nitrogen and oxygen atoms in total. The Kier molecular flexibility index (Phi) is 9.41. The number of aliphatic hydroxyl groups excluding tert-OH is 1. The Morgan fingerprint density at radius 1 is 0.946 bits per heavy atom. The number of likely N-dealkylation sites (tertiary alicyclic amines) is 1. The Bertz CT molecular complexity index is 1160. The van der Waals surface area contributed by atoms with Crippen LogP contribution in [0, 0.1) is 0 Å². The number of carbonyl (C=O) groups is 2. The fourth-order valence-corrected chi connectivity index (χ4v) is 4.28. The third-order valence-corrected chi connectivity index (χ3v) is 5.99. The van der Waals surface area contributed by atoms with Crippen LogP contribution in [-0.4, -0.2) is 68.9 Å². The van der Waals surface area contributed by atoms with E-state index in [9.17, 15) is 14.7 Å². The molecule has 200 valence electrons. The van der Waals surface area contributed by atoms with Gasteiger partial charge >= 0.3 is 0 Å². The molecule has 0 saturated carbocycles. The van der Waals surface area contributed by atoms with E-state index in [1.165, 1.54) is 26.2 Å². The zero-order chi connectivity index (χ0) is 27.1. The van der Waals surface area contributed by atoms with Crippen LogP contribution in [0.25, 0.3) is 5.76 Å². The lowest BCUT2D eigenvalue weighted by atomic mass is 9.94. The minimum absolute atomic E-state index is 0.0189. The van der Waals surface area contributed by atoms with Crippen LogP contribution in [-0.2, 0) is 14.3 Å². The van der Waals surface area contributed by atoms with Crippen molar-refractivity contribution in [2.24, 2.45) is 0 Å². The molecule has 1 unspecified atom stereocenters. The molecule has 2 aromatic rings. The van der Waals surface area contributed by atoms with Gasteiger partial charge in [0, 0.05) is 18.7 Å². The van der Waals surface area contributed by atoms with Gasteiger partial charge in [-0.25, -0.2) is 0 Å². The molecule has 1 aliphatic rings. The molecule has 1 atom stereocenters. The largest absolute Gasteiger partial charge is 0.507 e. The number of nitrogens with zero attached hydrogens (tertiary/aromatic N) is 1. The Balaban J connectivity index is 2.14. The van der Waals surface area contributed by atoms with E-state index in [4.69, 9.17) is 23.7 Å². The fourth-order valence-electron chi connectivity index (χ4n) is 4.28. The second kappa shape index (κ2) is 12.5. The number of ether oxygens (including phenoxy) is 5. The summed E-state index contributed by atoms with van der Waals surface area (Å²) in [6, 6.07) is 9.18. The van der Waals surface area contributed by atoms with Gasteiger partial charge in [-0.15, -0.1) is 0 Å². The van der Waals surface area contributed by atoms with Crippen LogP contribution in [0.2, 0.25) is 0 Å². The summed E-state index contributed by atoms with van der Waals surface area (Å²) in [5.74, 6) is 0.0827. The first kappa shape index (κ1) is 27.9. The van der Waals surface area contributed by atoms with E-state index in [2.05, 4.69) is 0 Å². The third kappa shape index (κ3) is 5.99. The molecule has 1 N–H and O–H groups in total. The Morgan fingerprint density at radius 3 is 2.22 bits per heavy atom. The van der Waals surface area contributed by atoms with Crippen LogP contribution in [0.3, 0.4) is 0 Å². The van der Waals surface area contributed by atoms with Crippen molar-refractivity contribution < 1.29 is 38.4 Å². The van der Waals surface area contributed by atoms with Crippen LogP contribution < -0.4 is 18.9 Å². The highest BCUT2D eigenvalue weighted by Gasteiger charge is 2.46. The number of aliphatic hydroxyl groups is 1. The van der Waals surface area contributed by atoms with Crippen molar-refractivity contribution >= 4 is 17.4 Å². The van der Waals surface area contributed by atoms with Gasteiger partial charge < -0.3 is 33.7 Å². The van der Waals surface area contributed by atoms with Crippen LogP contribution in [0.15, 0.2) is 42.0 Å². The van der Waals surface area contributed by atoms with Crippen molar-refractivity contribution in [3.63, 3.8) is 0 Å². The van der Waals surface area contributed by atoms with Gasteiger partial charge in [-0.1, -0.05) is 6.07 Å². The third-order valence-electron chi connectivity index (χ3n) is 5.99. The Morgan fingerprint density at radius 2 is 1.59 bits per heavy atom. The highest BCUT2D eigenvalue weighted by Crippen LogP contribution is 2.43. The molecule has 9 heteroatoms. The zero-order valence-electron chi connectivity index (χ0n) is 22.2. The predicted octanol–water partition coefficient (Wildman–Crippen LogP) is 4.35. The average molecular weight is 514 g/mol. The van der Waals surface area contributed by atoms with Gasteiger partial charge in [0.05, 0.1) is 45.7 Å². The van der Waals surface area contributed by atoms with Crippen molar-refractivity contribution in [3.05, 3.63) is 53.1 Å². The summed E-state index contributed by atoms with van der Waals surface area (Å²) in [4.78, 5) is 28.0. The molecule has 0 aromatic heterocycles. The molecule has 1 heterocycles. The summed E-state index contributed by atoms with van der Waals surface area (Å²) in [6.45, 7) is 6.81. The minimum Gasteiger partial charge on any atom is -0.507 e. The predicted molar refractivity (Wildman–Crippen MR) is 138 cm³/mol. The molecule has 37 heavy (non-hydrogen) atoms. The van der Waals surface area contributed by atoms with E-state index in [1.807, 2.05) is 20.8 Å². The molecular weight excluding hydrogens is 478 g/mol. The summed E-state index contributed by atoms with van der Waals surface area (Å²) in [5.41, 5.74) is 0.909. The van der Waals surface area contributed by atoms with Gasteiger partial charge in [0.15, 0.2) is 23.0 Å². The molecule has 1 amide bonds. The highest BCUT2D eigenvalue weighted by molar-refractivity contribution is 6.46. The number of rotatable bonds is 12. The molecule has 0 spiro atoms. The van der Waals surface area contributed by atoms with Gasteiger partial charge in [0.1, 0.15) is 5.76 Å². The maximum atomic E-state index is 13.3. The summed E-state index contributed by atoms with van der Waals surface area (Å²) in [7, 11) is 4.52. The number of ketones is 1. The molecule has 0 bridgehead atoms. The first-order chi connectivity index (χ1) is 17.8. The first-order valence-corrected chi connectivity index (χ1v) is 12.2. The maximum Gasteiger partial charge on any atom is 0.295 e. The van der Waals surface area contributed by atoms with Crippen molar-refractivity contribution in [1.29, 1.82) is 0 Å². The molecule has 0 aliphatic carbocycles. The summed E-state index contributed by atoms with van der Waals surface area (Å²) in [6.07, 6.45) is 0.568. The van der Waals surface area contributed by atoms with Gasteiger partial charge in [-0.05, 0) is 63.1 Å². The standard InChI is InChI=1S/C28H35NO8/c1-7-36-23-15-18(9-11-21(23)34-5)25-24(26(30)19-10-12-20(33-4)22(16-19)35-6)27(31)28(32)29(25)13-8-14-37-17(2)3/h9-12,15-17,25,30H,7-8,13-14H2,1-6H3/b26-24-. The smallest absolute Gasteiger partial charge is 0.295 e. The quantitative estimate of drug-likeness (QED) is 0.193. The van der Waals surface area contributed by atoms with Crippen molar-refractivity contribution in [2.45, 2.75) is 39.3 Å². The number of carbonyl (C=O) groups excluding carboxylic acids is 2. The highest BCUT2D eigenvalue weighted by atomic mass is 16.5. The van der Waals surface area contributed by atoms with Crippen LogP contribution in [0.4, 0.5) is 0 Å². The molecule has 1 fully saturated rings. The Hall–Kier alpha value is -3.72. The number of benzene rings is 2. The van der Waals surface area contributed by atoms with Gasteiger partial charge in [0.2, 0.25) is 0 Å². The molecule has 2 aromatic carbocycles. The second-order valence-electron chi connectivity index (χ2n) is 8.68. The molecule has 1 aliphatic heterocycles. The number of amides is 1. The number of Topliss-reactive ketones (excluding diaryl/α,β-unsaturated/α-hetero) is 1. The lowest BCUT2D eigenvalue weighted by Crippen LogP contribution is -2.31. The van der Waals surface area contributed by atoms with Gasteiger partial charge in [0.25, 0.3) is 11.7 Å². The topological polar surface area (TPSA) is 104 Å². The second-order valence-corrected chi connectivity index (χ2v) is 8.68. The fraction of sp³-hybridized carbons (Fsp3) is 0.429. The molecular formula is C28H35NO8. The van der Waals surface area contributed by atoms with Crippen LogP contribution in [0.1, 0.15) is 44.4 Å². The van der Waals surface area contributed by atoms with Crippen LogP contribution >= 0.6 is 0 Å². The normalized spacial score (nSPS) is 16.8. The lowest BCUT2D eigenvalue weighted by molar-refractivity contribution is -0.140. The molecule has 1 saturated heterocycles. The first-order valence-electron chi connectivity index (χ1n) is 12.2. The minimum atomic E-state index is -0.836. The van der Waals surface area contributed by atoms with E-state index in [0.29, 0.717) is 53.8 Å². The van der Waals surface area contributed by atoms with E-state index < -0.39 is 17.7 Å². The zero-order valence-corrected chi connectivity index (χ0v) is 22.2. The van der Waals surface area contributed by atoms with Gasteiger partial charge in [-0.2, -0.15) is 0 Å². The van der Waals surface area contributed by atoms with E-state index >= 15 is 0 Å². The maximum absolute atomic E-state index is 13.3. The number of methoxy groups -OCH3 is 3. The van der Waals surface area contributed by atoms with Gasteiger partial charge in [-0.3, -0.25) is 9.59 Å². The average Bonchev–Trinajstić information content (AvgIpc) is 3.15. The van der Waals surface area contributed by atoms with Crippen molar-refractivity contribution in [2.75, 3.05) is 41.1 Å². The molecule has 0 radical (unpaired) electrons. The number of hydrogen-bond acceptors (Lipinski definition) is 8. The lowest BCUT2D eigenvalue weighted by Gasteiger charge is -2.26. The summed E-state index contributed by atoms with van der Waals surface area (Å²) >= 11 is 0. The SMILES string of the molecule is CCOc1cc(C2/C(=C(/O)c3ccc(OC)c(OC)c3)C(=O)C(=O)N2CCCOC(C)C)ccc1OC. The monoisotopic (exact) mass is 513 g/mol. The Labute approximate surface area is 217 Å². The van der Waals surface area contributed by atoms with Crippen LogP contribution in [0.5, 0.6) is 23.0 Å². The summed E-state index contributed by atoms with van der Waals surface area (Å²) in [5, 5.41) is 11.4. The summed E-state index contributed by atoms with van der Waals surface area (Å²) < 4.78 is 27.4. The number of hydrogen-bond donors (Lipinski definition) is 1. The van der Waals surface area contributed by atoms with E-state index in [0.717, 1.165) is 0 Å². The van der Waals surface area contributed by atoms with Crippen molar-refractivity contribution in [3.8, 4) is 23.0 Å². The molecule has 3 rings (SSSR count).